The van der Waals surface area contributed by atoms with Crippen molar-refractivity contribution in [1.82, 2.24) is 25.1 Å². The standard InChI is InChI=1S/C20H27N5O2/c26-18(12-1-2-12)25-6-3-15-17(23-11-22-15)20(25)4-7-24(8-5-20)19(27)16-13-9-21-10-14(13)16/h11-14,16,21H,1-10H2,(H,22,23)/t13-,14+,16?. The van der Waals surface area contributed by atoms with Crippen molar-refractivity contribution in [2.75, 3.05) is 32.7 Å². The number of carbonyl (C=O) groups is 2. The van der Waals surface area contributed by atoms with Gasteiger partial charge < -0.3 is 20.1 Å². The minimum Gasteiger partial charge on any atom is -0.348 e. The van der Waals surface area contributed by atoms with Gasteiger partial charge in [0.05, 0.1) is 17.6 Å². The van der Waals surface area contributed by atoms with Gasteiger partial charge in [-0.3, -0.25) is 9.59 Å². The first-order chi connectivity index (χ1) is 13.2. The lowest BCUT2D eigenvalue weighted by atomic mass is 9.78. The summed E-state index contributed by atoms with van der Waals surface area (Å²) in [6.45, 7) is 4.25. The van der Waals surface area contributed by atoms with Gasteiger partial charge in [0.2, 0.25) is 11.8 Å². The van der Waals surface area contributed by atoms with Crippen LogP contribution in [0.15, 0.2) is 6.33 Å². The topological polar surface area (TPSA) is 81.3 Å². The van der Waals surface area contributed by atoms with Crippen molar-refractivity contribution < 1.29 is 9.59 Å². The quantitative estimate of drug-likeness (QED) is 0.795. The van der Waals surface area contributed by atoms with Gasteiger partial charge >= 0.3 is 0 Å². The van der Waals surface area contributed by atoms with Gasteiger partial charge in [-0.25, -0.2) is 4.98 Å². The van der Waals surface area contributed by atoms with Crippen LogP contribution in [0.2, 0.25) is 0 Å². The Hall–Kier alpha value is -1.89. The molecule has 2 saturated heterocycles. The van der Waals surface area contributed by atoms with Gasteiger partial charge in [0.25, 0.3) is 0 Å². The summed E-state index contributed by atoms with van der Waals surface area (Å²) in [5.41, 5.74) is 1.92. The van der Waals surface area contributed by atoms with E-state index < -0.39 is 0 Å². The molecule has 3 aliphatic heterocycles. The van der Waals surface area contributed by atoms with E-state index in [0.29, 0.717) is 23.7 Å². The number of nitrogens with one attached hydrogen (secondary N) is 2. The van der Waals surface area contributed by atoms with E-state index in [0.717, 1.165) is 70.5 Å². The average Bonchev–Trinajstić information content (AvgIpc) is 3.55. The van der Waals surface area contributed by atoms with Gasteiger partial charge in [-0.2, -0.15) is 0 Å². The molecule has 27 heavy (non-hydrogen) atoms. The smallest absolute Gasteiger partial charge is 0.226 e. The van der Waals surface area contributed by atoms with E-state index in [4.69, 9.17) is 0 Å². The Morgan fingerprint density at radius 2 is 1.81 bits per heavy atom. The molecule has 4 fully saturated rings. The maximum Gasteiger partial charge on any atom is 0.226 e. The molecule has 2 amide bonds. The number of likely N-dealkylation sites (tertiary alicyclic amines) is 1. The van der Waals surface area contributed by atoms with Gasteiger partial charge in [0.15, 0.2) is 0 Å². The van der Waals surface area contributed by atoms with Crippen molar-refractivity contribution in [3.05, 3.63) is 17.7 Å². The summed E-state index contributed by atoms with van der Waals surface area (Å²) in [6, 6.07) is 0. The summed E-state index contributed by atoms with van der Waals surface area (Å²) in [7, 11) is 0. The predicted octanol–water partition coefficient (Wildman–Crippen LogP) is 0.488. The Morgan fingerprint density at radius 3 is 2.52 bits per heavy atom. The number of H-pyrrole nitrogens is 1. The van der Waals surface area contributed by atoms with Crippen LogP contribution in [0.1, 0.15) is 37.1 Å². The highest BCUT2D eigenvalue weighted by molar-refractivity contribution is 5.84. The highest BCUT2D eigenvalue weighted by atomic mass is 16.2. The maximum absolute atomic E-state index is 13.0. The largest absolute Gasteiger partial charge is 0.348 e. The summed E-state index contributed by atoms with van der Waals surface area (Å²) in [5, 5.41) is 3.37. The fourth-order valence-corrected chi connectivity index (χ4v) is 5.95. The van der Waals surface area contributed by atoms with E-state index in [1.165, 1.54) is 5.69 Å². The van der Waals surface area contributed by atoms with E-state index in [9.17, 15) is 9.59 Å². The summed E-state index contributed by atoms with van der Waals surface area (Å²) in [5.74, 6) is 2.26. The Morgan fingerprint density at radius 1 is 1.07 bits per heavy atom. The first-order valence-corrected chi connectivity index (χ1v) is 10.5. The van der Waals surface area contributed by atoms with Crippen LogP contribution in [-0.2, 0) is 21.5 Å². The molecule has 1 aromatic rings. The highest BCUT2D eigenvalue weighted by Crippen LogP contribution is 2.51. The molecule has 7 heteroatoms. The van der Waals surface area contributed by atoms with Gasteiger partial charge in [-0.1, -0.05) is 0 Å². The van der Waals surface area contributed by atoms with Crippen molar-refractivity contribution in [1.29, 1.82) is 0 Å². The molecule has 2 saturated carbocycles. The molecule has 3 atom stereocenters. The third-order valence-corrected chi connectivity index (χ3v) is 7.73. The molecule has 0 bridgehead atoms. The number of rotatable bonds is 2. The lowest BCUT2D eigenvalue weighted by molar-refractivity contribution is -0.146. The summed E-state index contributed by atoms with van der Waals surface area (Å²) in [4.78, 5) is 38.1. The van der Waals surface area contributed by atoms with Crippen LogP contribution >= 0.6 is 0 Å². The number of imidazole rings is 1. The molecule has 1 spiro atoms. The van der Waals surface area contributed by atoms with Crippen molar-refractivity contribution in [3.63, 3.8) is 0 Å². The monoisotopic (exact) mass is 369 g/mol. The zero-order chi connectivity index (χ0) is 18.2. The number of hydrogen-bond donors (Lipinski definition) is 2. The number of piperidine rings is 2. The first kappa shape index (κ1) is 16.1. The number of aromatic amines is 1. The molecule has 0 aromatic carbocycles. The van der Waals surface area contributed by atoms with Crippen LogP contribution in [0.25, 0.3) is 0 Å². The number of hydrogen-bond acceptors (Lipinski definition) is 4. The second-order valence-corrected chi connectivity index (χ2v) is 9.11. The summed E-state index contributed by atoms with van der Waals surface area (Å²) >= 11 is 0. The van der Waals surface area contributed by atoms with Crippen LogP contribution in [0.3, 0.4) is 0 Å². The first-order valence-electron chi connectivity index (χ1n) is 10.5. The SMILES string of the molecule is O=C(C1[C@H]2CNC[C@@H]12)N1CCC2(CC1)c1nc[nH]c1CCN2C(=O)C1CC1. The Kier molecular flexibility index (Phi) is 3.32. The van der Waals surface area contributed by atoms with E-state index in [-0.39, 0.29) is 17.4 Å². The third-order valence-electron chi connectivity index (χ3n) is 7.73. The maximum atomic E-state index is 13.0. The molecule has 7 nitrogen and oxygen atoms in total. The Balaban J connectivity index is 1.24. The fourth-order valence-electron chi connectivity index (χ4n) is 5.95. The van der Waals surface area contributed by atoms with Crippen molar-refractivity contribution in [2.45, 2.75) is 37.6 Å². The minimum absolute atomic E-state index is 0.223. The Bertz CT molecular complexity index is 782. The van der Waals surface area contributed by atoms with Gasteiger partial charge in [0, 0.05) is 43.6 Å². The summed E-state index contributed by atoms with van der Waals surface area (Å²) in [6.07, 6.45) is 6.32. The van der Waals surface area contributed by atoms with Crippen molar-refractivity contribution in [2.24, 2.45) is 23.7 Å². The molecule has 2 aliphatic carbocycles. The highest BCUT2D eigenvalue weighted by Gasteiger charge is 2.59. The molecule has 0 radical (unpaired) electrons. The van der Waals surface area contributed by atoms with Gasteiger partial charge in [-0.05, 0) is 50.6 Å². The Labute approximate surface area is 158 Å². The zero-order valence-corrected chi connectivity index (χ0v) is 15.6. The second-order valence-electron chi connectivity index (χ2n) is 9.11. The normalized spacial score (nSPS) is 33.7. The number of nitrogens with zero attached hydrogens (tertiary/aromatic N) is 3. The molecular formula is C20H27N5O2. The van der Waals surface area contributed by atoms with E-state index in [1.807, 2.05) is 0 Å². The number of fused-ring (bicyclic) bond motifs is 3. The van der Waals surface area contributed by atoms with E-state index in [1.54, 1.807) is 6.33 Å². The van der Waals surface area contributed by atoms with Crippen LogP contribution in [0, 0.1) is 23.7 Å². The van der Waals surface area contributed by atoms with Crippen LogP contribution < -0.4 is 5.32 Å². The van der Waals surface area contributed by atoms with Crippen LogP contribution in [-0.4, -0.2) is 64.3 Å². The minimum atomic E-state index is -0.314. The number of aromatic nitrogens is 2. The molecule has 6 rings (SSSR count). The van der Waals surface area contributed by atoms with Crippen LogP contribution in [0.4, 0.5) is 0 Å². The zero-order valence-electron chi connectivity index (χ0n) is 15.6. The third kappa shape index (κ3) is 2.27. The molecule has 5 aliphatic rings. The average molecular weight is 369 g/mol. The fraction of sp³-hybridized carbons (Fsp3) is 0.750. The second kappa shape index (κ2) is 5.56. The molecule has 4 heterocycles. The lowest BCUT2D eigenvalue weighted by Gasteiger charge is -2.50. The molecule has 2 N–H and O–H groups in total. The predicted molar refractivity (Wildman–Crippen MR) is 97.6 cm³/mol. The van der Waals surface area contributed by atoms with Crippen molar-refractivity contribution >= 4 is 11.8 Å². The summed E-state index contributed by atoms with van der Waals surface area (Å²) < 4.78 is 0. The van der Waals surface area contributed by atoms with Gasteiger partial charge in [0.1, 0.15) is 0 Å². The number of amides is 2. The van der Waals surface area contributed by atoms with E-state index in [2.05, 4.69) is 25.1 Å². The lowest BCUT2D eigenvalue weighted by Crippen LogP contribution is -2.59. The number of carbonyl (C=O) groups excluding carboxylic acids is 2. The molecule has 1 aromatic heterocycles. The molecule has 144 valence electrons. The molecular weight excluding hydrogens is 342 g/mol. The molecule has 1 unspecified atom stereocenters. The van der Waals surface area contributed by atoms with Gasteiger partial charge in [-0.15, -0.1) is 0 Å². The van der Waals surface area contributed by atoms with E-state index >= 15 is 0 Å². The van der Waals surface area contributed by atoms with Crippen molar-refractivity contribution in [3.8, 4) is 0 Å². The van der Waals surface area contributed by atoms with Crippen LogP contribution in [0.5, 0.6) is 0 Å².